The topological polar surface area (TPSA) is 62.3 Å². The maximum Gasteiger partial charge on any atom is 0.234 e. The predicted octanol–water partition coefficient (Wildman–Crippen LogP) is 3.46. The molecule has 5 heteroatoms. The van der Waals surface area contributed by atoms with Crippen LogP contribution in [0.25, 0.3) is 0 Å². The van der Waals surface area contributed by atoms with Crippen LogP contribution in [-0.4, -0.2) is 28.4 Å². The van der Waals surface area contributed by atoms with Crippen molar-refractivity contribution in [3.05, 3.63) is 59.9 Å². The van der Waals surface area contributed by atoms with Gasteiger partial charge in [0.05, 0.1) is 18.5 Å². The number of nitrogens with zero attached hydrogens (tertiary/aromatic N) is 2. The van der Waals surface area contributed by atoms with E-state index >= 15 is 0 Å². The van der Waals surface area contributed by atoms with Crippen LogP contribution in [0.15, 0.2) is 48.8 Å². The molecule has 1 aromatic carbocycles. The van der Waals surface area contributed by atoms with Gasteiger partial charge in [-0.15, -0.1) is 0 Å². The molecule has 2 aromatic rings. The van der Waals surface area contributed by atoms with E-state index in [1.165, 1.54) is 16.0 Å². The van der Waals surface area contributed by atoms with Crippen molar-refractivity contribution in [3.63, 3.8) is 0 Å². The van der Waals surface area contributed by atoms with Gasteiger partial charge >= 0.3 is 0 Å². The molecule has 1 aliphatic heterocycles. The Bertz CT molecular complexity index is 819. The van der Waals surface area contributed by atoms with E-state index in [1.54, 1.807) is 12.4 Å². The van der Waals surface area contributed by atoms with Gasteiger partial charge in [0.1, 0.15) is 0 Å². The van der Waals surface area contributed by atoms with Gasteiger partial charge in [-0.1, -0.05) is 19.1 Å². The van der Waals surface area contributed by atoms with Crippen LogP contribution in [0.1, 0.15) is 37.3 Å². The number of benzene rings is 1. The first-order valence-corrected chi connectivity index (χ1v) is 9.69. The smallest absolute Gasteiger partial charge is 0.234 e. The first kappa shape index (κ1) is 17.7. The third-order valence-corrected chi connectivity index (χ3v) is 5.83. The molecule has 0 radical (unpaired) electrons. The number of likely N-dealkylation sites (tertiary alicyclic amines) is 1. The summed E-state index contributed by atoms with van der Waals surface area (Å²) < 4.78 is 0. The zero-order chi connectivity index (χ0) is 18.8. The Kier molecular flexibility index (Phi) is 4.92. The maximum atomic E-state index is 12.6. The van der Waals surface area contributed by atoms with E-state index in [2.05, 4.69) is 29.4 Å². The second-order valence-corrected chi connectivity index (χ2v) is 7.80. The highest BCUT2D eigenvalue weighted by Gasteiger charge is 2.49. The Labute approximate surface area is 159 Å². The lowest BCUT2D eigenvalue weighted by Gasteiger charge is -2.25. The second kappa shape index (κ2) is 7.51. The molecule has 2 fully saturated rings. The molecule has 27 heavy (non-hydrogen) atoms. The summed E-state index contributed by atoms with van der Waals surface area (Å²) in [6, 6.07) is 12.1. The van der Waals surface area contributed by atoms with Crippen molar-refractivity contribution < 1.29 is 9.59 Å². The van der Waals surface area contributed by atoms with Gasteiger partial charge < -0.3 is 5.32 Å². The number of imide groups is 1. The molecule has 1 saturated heterocycles. The molecule has 0 spiro atoms. The van der Waals surface area contributed by atoms with Crippen molar-refractivity contribution >= 4 is 17.5 Å². The number of carbonyl (C=O) groups is 2. The summed E-state index contributed by atoms with van der Waals surface area (Å²) in [5.41, 5.74) is 3.34. The van der Waals surface area contributed by atoms with E-state index in [-0.39, 0.29) is 30.3 Å². The average molecular weight is 363 g/mol. The molecule has 1 aliphatic carbocycles. The summed E-state index contributed by atoms with van der Waals surface area (Å²) in [6.07, 6.45) is 7.18. The third kappa shape index (κ3) is 3.72. The number of fused-ring (bicyclic) bond motifs is 1. The fourth-order valence-electron chi connectivity index (χ4n) is 4.26. The first-order valence-electron chi connectivity index (χ1n) is 9.69. The zero-order valence-electron chi connectivity index (χ0n) is 15.6. The molecule has 2 amide bonds. The minimum atomic E-state index is -0.106. The molecule has 1 saturated carbocycles. The van der Waals surface area contributed by atoms with Gasteiger partial charge in [0.15, 0.2) is 0 Å². The van der Waals surface area contributed by atoms with Gasteiger partial charge in [-0.2, -0.15) is 0 Å². The minimum Gasteiger partial charge on any atom is -0.367 e. The fourth-order valence-corrected chi connectivity index (χ4v) is 4.26. The second-order valence-electron chi connectivity index (χ2n) is 7.80. The summed E-state index contributed by atoms with van der Waals surface area (Å²) in [7, 11) is 0. The molecule has 4 rings (SSSR count). The Morgan fingerprint density at radius 2 is 1.63 bits per heavy atom. The van der Waals surface area contributed by atoms with Crippen LogP contribution in [0.2, 0.25) is 0 Å². The number of aromatic nitrogens is 1. The van der Waals surface area contributed by atoms with Crippen molar-refractivity contribution in [1.82, 2.24) is 9.88 Å². The lowest BCUT2D eigenvalue weighted by Crippen LogP contribution is -2.35. The lowest BCUT2D eigenvalue weighted by atomic mass is 9.76. The Balaban J connectivity index is 1.36. The summed E-state index contributed by atoms with van der Waals surface area (Å²) >= 11 is 0. The fraction of sp³-hybridized carbons (Fsp3) is 0.409. The number of nitrogens with one attached hydrogen (secondary N) is 1. The molecule has 5 nitrogen and oxygen atoms in total. The molecule has 0 bridgehead atoms. The van der Waals surface area contributed by atoms with Gasteiger partial charge in [0.2, 0.25) is 11.8 Å². The van der Waals surface area contributed by atoms with Crippen LogP contribution in [-0.2, 0) is 16.0 Å². The Morgan fingerprint density at radius 3 is 2.37 bits per heavy atom. The normalized spacial score (nSPS) is 24.8. The summed E-state index contributed by atoms with van der Waals surface area (Å²) in [5, 5.41) is 3.23. The van der Waals surface area contributed by atoms with Crippen LogP contribution >= 0.6 is 0 Å². The minimum absolute atomic E-state index is 0.00120. The lowest BCUT2D eigenvalue weighted by molar-refractivity contribution is -0.139. The Hall–Kier alpha value is -2.69. The van der Waals surface area contributed by atoms with E-state index in [9.17, 15) is 9.59 Å². The number of pyridine rings is 1. The number of carbonyl (C=O) groups excluding carboxylic acids is 2. The molecular weight excluding hydrogens is 338 g/mol. The number of anilines is 1. The molecule has 2 heterocycles. The number of rotatable bonds is 5. The number of hydrogen-bond acceptors (Lipinski definition) is 4. The van der Waals surface area contributed by atoms with Crippen molar-refractivity contribution in [2.24, 2.45) is 17.8 Å². The largest absolute Gasteiger partial charge is 0.367 e. The molecule has 1 N–H and O–H groups in total. The molecule has 2 aliphatic rings. The van der Waals surface area contributed by atoms with E-state index in [0.29, 0.717) is 5.92 Å². The molecule has 1 aromatic heterocycles. The highest BCUT2D eigenvalue weighted by Crippen LogP contribution is 2.40. The van der Waals surface area contributed by atoms with E-state index in [0.717, 1.165) is 31.4 Å². The molecule has 140 valence electrons. The average Bonchev–Trinajstić information content (AvgIpc) is 2.92. The highest BCUT2D eigenvalue weighted by atomic mass is 16.2. The summed E-state index contributed by atoms with van der Waals surface area (Å²) in [6.45, 7) is 2.42. The van der Waals surface area contributed by atoms with E-state index < -0.39 is 0 Å². The standard InChI is InChI=1S/C22H25N3O2/c1-15-2-7-19-20(12-15)22(27)25(21(19)26)14-24-18-5-3-16(4-6-18)13-17-8-10-23-11-9-17/h3-6,8-11,15,19-20,24H,2,7,12-14H2,1H3/t15-,19-,20+/m0/s1. The highest BCUT2D eigenvalue weighted by molar-refractivity contribution is 6.05. The predicted molar refractivity (Wildman–Crippen MR) is 104 cm³/mol. The zero-order valence-corrected chi connectivity index (χ0v) is 15.6. The van der Waals surface area contributed by atoms with Gasteiger partial charge in [-0.05, 0) is 67.0 Å². The monoisotopic (exact) mass is 363 g/mol. The summed E-state index contributed by atoms with van der Waals surface area (Å²) in [5.74, 6) is 0.324. The third-order valence-electron chi connectivity index (χ3n) is 5.83. The van der Waals surface area contributed by atoms with Crippen LogP contribution in [0, 0.1) is 17.8 Å². The van der Waals surface area contributed by atoms with Crippen LogP contribution in [0.3, 0.4) is 0 Å². The van der Waals surface area contributed by atoms with E-state index in [1.807, 2.05) is 24.3 Å². The van der Waals surface area contributed by atoms with Crippen LogP contribution < -0.4 is 5.32 Å². The summed E-state index contributed by atoms with van der Waals surface area (Å²) in [4.78, 5) is 30.7. The van der Waals surface area contributed by atoms with Crippen LogP contribution in [0.5, 0.6) is 0 Å². The van der Waals surface area contributed by atoms with Crippen molar-refractivity contribution in [3.8, 4) is 0 Å². The molecular formula is C22H25N3O2. The number of hydrogen-bond donors (Lipinski definition) is 1. The van der Waals surface area contributed by atoms with Crippen molar-refractivity contribution in [2.75, 3.05) is 12.0 Å². The quantitative estimate of drug-likeness (QED) is 0.827. The molecule has 3 atom stereocenters. The Morgan fingerprint density at radius 1 is 0.963 bits per heavy atom. The van der Waals surface area contributed by atoms with Gasteiger partial charge in [-0.3, -0.25) is 19.5 Å². The van der Waals surface area contributed by atoms with E-state index in [4.69, 9.17) is 0 Å². The SMILES string of the molecule is C[C@H]1CC[C@@H]2C(=O)N(CNc3ccc(Cc4ccncc4)cc3)C(=O)[C@@H]2C1. The van der Waals surface area contributed by atoms with Gasteiger partial charge in [0.25, 0.3) is 0 Å². The van der Waals surface area contributed by atoms with Crippen molar-refractivity contribution in [1.29, 1.82) is 0 Å². The van der Waals surface area contributed by atoms with Gasteiger partial charge in [-0.25, -0.2) is 0 Å². The van der Waals surface area contributed by atoms with Gasteiger partial charge in [0, 0.05) is 18.1 Å². The van der Waals surface area contributed by atoms with Crippen molar-refractivity contribution in [2.45, 2.75) is 32.6 Å². The van der Waals surface area contributed by atoms with Crippen LogP contribution in [0.4, 0.5) is 5.69 Å². The molecule has 0 unspecified atom stereocenters. The first-order chi connectivity index (χ1) is 13.1. The number of amides is 2. The maximum absolute atomic E-state index is 12.6.